The number of aliphatic hydroxyl groups is 1. The maximum atomic E-state index is 12.8. The minimum absolute atomic E-state index is 0.0959. The predicted octanol–water partition coefficient (Wildman–Crippen LogP) is 2.55. The molecule has 0 fully saturated rings. The fraction of sp³-hybridized carbons (Fsp3) is 0.545. The van der Waals surface area contributed by atoms with E-state index in [1.807, 2.05) is 20.8 Å². The molecule has 1 heterocycles. The maximum absolute atomic E-state index is 12.8. The Kier molecular flexibility index (Phi) is 3.58. The molecule has 14 heavy (non-hydrogen) atoms. The van der Waals surface area contributed by atoms with Crippen LogP contribution in [0.4, 0.5) is 4.39 Å². The second kappa shape index (κ2) is 4.51. The van der Waals surface area contributed by atoms with Crippen LogP contribution in [-0.4, -0.2) is 10.1 Å². The first-order valence-corrected chi connectivity index (χ1v) is 4.81. The molecule has 1 N–H and O–H groups in total. The van der Waals surface area contributed by atoms with Gasteiger partial charge >= 0.3 is 0 Å². The van der Waals surface area contributed by atoms with E-state index in [9.17, 15) is 9.50 Å². The quantitative estimate of drug-likeness (QED) is 0.807. The van der Waals surface area contributed by atoms with Crippen molar-refractivity contribution in [1.82, 2.24) is 4.98 Å². The number of hydrogen-bond acceptors (Lipinski definition) is 2. The van der Waals surface area contributed by atoms with Crippen molar-refractivity contribution in [1.29, 1.82) is 0 Å². The number of pyridine rings is 1. The summed E-state index contributed by atoms with van der Waals surface area (Å²) >= 11 is 0. The van der Waals surface area contributed by atoms with Crippen LogP contribution >= 0.6 is 0 Å². The summed E-state index contributed by atoms with van der Waals surface area (Å²) in [6.07, 6.45) is 2.00. The van der Waals surface area contributed by atoms with E-state index in [2.05, 4.69) is 4.98 Å². The molecule has 2 nitrogen and oxygen atoms in total. The van der Waals surface area contributed by atoms with Gasteiger partial charge in [-0.3, -0.25) is 4.98 Å². The second-order valence-corrected chi connectivity index (χ2v) is 3.98. The van der Waals surface area contributed by atoms with Crippen LogP contribution in [0.25, 0.3) is 0 Å². The van der Waals surface area contributed by atoms with Gasteiger partial charge in [0.25, 0.3) is 0 Å². The molecule has 0 aromatic carbocycles. The van der Waals surface area contributed by atoms with Crippen molar-refractivity contribution in [2.24, 2.45) is 11.8 Å². The minimum atomic E-state index is -0.641. The molecule has 0 bridgehead atoms. The van der Waals surface area contributed by atoms with Gasteiger partial charge in [0.2, 0.25) is 0 Å². The van der Waals surface area contributed by atoms with Gasteiger partial charge in [-0.15, -0.1) is 0 Å². The van der Waals surface area contributed by atoms with Crippen molar-refractivity contribution in [2.75, 3.05) is 0 Å². The Labute approximate surface area is 83.8 Å². The van der Waals surface area contributed by atoms with Crippen LogP contribution in [-0.2, 0) is 0 Å². The van der Waals surface area contributed by atoms with E-state index < -0.39 is 11.9 Å². The van der Waals surface area contributed by atoms with Crippen LogP contribution in [0.5, 0.6) is 0 Å². The van der Waals surface area contributed by atoms with Crippen LogP contribution in [0.15, 0.2) is 18.5 Å². The lowest BCUT2D eigenvalue weighted by Gasteiger charge is -2.22. The van der Waals surface area contributed by atoms with Gasteiger partial charge < -0.3 is 5.11 Å². The lowest BCUT2D eigenvalue weighted by atomic mass is 9.89. The van der Waals surface area contributed by atoms with Crippen molar-refractivity contribution in [3.63, 3.8) is 0 Å². The topological polar surface area (TPSA) is 33.1 Å². The fourth-order valence-corrected chi connectivity index (χ4v) is 1.26. The highest BCUT2D eigenvalue weighted by atomic mass is 19.1. The van der Waals surface area contributed by atoms with Gasteiger partial charge in [0.05, 0.1) is 12.3 Å². The molecule has 0 spiro atoms. The van der Waals surface area contributed by atoms with Gasteiger partial charge in [-0.1, -0.05) is 20.8 Å². The van der Waals surface area contributed by atoms with Crippen LogP contribution in [0.3, 0.4) is 0 Å². The molecule has 3 heteroatoms. The summed E-state index contributed by atoms with van der Waals surface area (Å²) in [5.74, 6) is 0.0457. The monoisotopic (exact) mass is 197 g/mol. The average Bonchev–Trinajstić information content (AvgIpc) is 2.15. The molecule has 1 aromatic heterocycles. The number of hydrogen-bond donors (Lipinski definition) is 1. The molecule has 78 valence electrons. The molecule has 0 radical (unpaired) electrons. The zero-order valence-corrected chi connectivity index (χ0v) is 8.74. The van der Waals surface area contributed by atoms with E-state index in [1.165, 1.54) is 12.3 Å². The second-order valence-electron chi connectivity index (χ2n) is 3.98. The number of halogens is 1. The van der Waals surface area contributed by atoms with Gasteiger partial charge in [-0.05, 0) is 17.9 Å². The third-order valence-corrected chi connectivity index (χ3v) is 2.62. The van der Waals surface area contributed by atoms with Crippen LogP contribution < -0.4 is 0 Å². The van der Waals surface area contributed by atoms with Crippen molar-refractivity contribution >= 4 is 0 Å². The molecule has 1 rings (SSSR count). The van der Waals surface area contributed by atoms with Crippen LogP contribution in [0, 0.1) is 17.7 Å². The summed E-state index contributed by atoms with van der Waals surface area (Å²) in [6.45, 7) is 6.00. The molecule has 0 aliphatic heterocycles. The summed E-state index contributed by atoms with van der Waals surface area (Å²) in [5.41, 5.74) is 0.547. The largest absolute Gasteiger partial charge is 0.388 e. The molecule has 1 aromatic rings. The fourth-order valence-electron chi connectivity index (χ4n) is 1.26. The van der Waals surface area contributed by atoms with E-state index in [0.29, 0.717) is 11.5 Å². The van der Waals surface area contributed by atoms with Crippen molar-refractivity contribution < 1.29 is 9.50 Å². The van der Waals surface area contributed by atoms with Gasteiger partial charge in [-0.2, -0.15) is 0 Å². The summed E-state index contributed by atoms with van der Waals surface area (Å²) in [7, 11) is 0. The summed E-state index contributed by atoms with van der Waals surface area (Å²) in [5, 5.41) is 9.88. The third-order valence-electron chi connectivity index (χ3n) is 2.62. The van der Waals surface area contributed by atoms with Crippen molar-refractivity contribution in [3.8, 4) is 0 Å². The first-order chi connectivity index (χ1) is 6.52. The SMILES string of the molecule is CC(C)C(C)C(O)c1cncc(F)c1. The molecular formula is C11H16FNO. The van der Waals surface area contributed by atoms with Gasteiger partial charge in [0.15, 0.2) is 0 Å². The normalized spacial score (nSPS) is 15.6. The number of aromatic nitrogens is 1. The Balaban J connectivity index is 2.83. The first-order valence-electron chi connectivity index (χ1n) is 4.81. The third kappa shape index (κ3) is 2.51. The van der Waals surface area contributed by atoms with Crippen LogP contribution in [0.2, 0.25) is 0 Å². The lowest BCUT2D eigenvalue weighted by molar-refractivity contribution is 0.0915. The molecule has 2 atom stereocenters. The number of nitrogens with zero attached hydrogens (tertiary/aromatic N) is 1. The molecule has 2 unspecified atom stereocenters. The molecule has 0 amide bonds. The Morgan fingerprint density at radius 3 is 2.43 bits per heavy atom. The zero-order chi connectivity index (χ0) is 10.7. The number of rotatable bonds is 3. The van der Waals surface area contributed by atoms with E-state index in [0.717, 1.165) is 6.20 Å². The molecule has 0 aliphatic rings. The smallest absolute Gasteiger partial charge is 0.141 e. The lowest BCUT2D eigenvalue weighted by Crippen LogP contribution is -2.15. The molecule has 0 aliphatic carbocycles. The minimum Gasteiger partial charge on any atom is -0.388 e. The van der Waals surface area contributed by atoms with E-state index in [-0.39, 0.29) is 5.92 Å². The number of aliphatic hydroxyl groups excluding tert-OH is 1. The van der Waals surface area contributed by atoms with E-state index in [1.54, 1.807) is 0 Å². The molecule has 0 saturated carbocycles. The summed E-state index contributed by atoms with van der Waals surface area (Å²) < 4.78 is 12.8. The highest BCUT2D eigenvalue weighted by Crippen LogP contribution is 2.27. The van der Waals surface area contributed by atoms with Crippen molar-refractivity contribution in [2.45, 2.75) is 26.9 Å². The van der Waals surface area contributed by atoms with Gasteiger partial charge in [0.1, 0.15) is 5.82 Å². The molecular weight excluding hydrogens is 181 g/mol. The average molecular weight is 197 g/mol. The molecule has 0 saturated heterocycles. The Bertz CT molecular complexity index is 301. The summed E-state index contributed by atoms with van der Waals surface area (Å²) in [6, 6.07) is 1.33. The maximum Gasteiger partial charge on any atom is 0.141 e. The highest BCUT2D eigenvalue weighted by molar-refractivity contribution is 5.14. The zero-order valence-electron chi connectivity index (χ0n) is 8.74. The van der Waals surface area contributed by atoms with Crippen LogP contribution in [0.1, 0.15) is 32.4 Å². The predicted molar refractivity (Wildman–Crippen MR) is 53.2 cm³/mol. The highest BCUT2D eigenvalue weighted by Gasteiger charge is 2.19. The van der Waals surface area contributed by atoms with Crippen molar-refractivity contribution in [3.05, 3.63) is 29.8 Å². The summed E-state index contributed by atoms with van der Waals surface area (Å²) in [4.78, 5) is 3.71. The van der Waals surface area contributed by atoms with Gasteiger partial charge in [0, 0.05) is 11.8 Å². The standard InChI is InChI=1S/C11H16FNO/c1-7(2)8(3)11(14)9-4-10(12)6-13-5-9/h4-8,11,14H,1-3H3. The Hall–Kier alpha value is -0.960. The van der Waals surface area contributed by atoms with E-state index in [4.69, 9.17) is 0 Å². The Morgan fingerprint density at radius 1 is 1.29 bits per heavy atom. The van der Waals surface area contributed by atoms with E-state index >= 15 is 0 Å². The van der Waals surface area contributed by atoms with Gasteiger partial charge in [-0.25, -0.2) is 4.39 Å². The first kappa shape index (κ1) is 11.1. The Morgan fingerprint density at radius 2 is 1.93 bits per heavy atom.